The SMILES string of the molecule is NNC(c1cc(Br)ccc1Cl)c1cnccc1C(F)(F)F. The minimum Gasteiger partial charge on any atom is -0.271 e. The van der Waals surface area contributed by atoms with Crippen LogP contribution in [0.15, 0.2) is 41.1 Å². The van der Waals surface area contributed by atoms with Crippen LogP contribution < -0.4 is 11.3 Å². The van der Waals surface area contributed by atoms with E-state index in [4.69, 9.17) is 17.4 Å². The molecule has 2 aromatic rings. The Morgan fingerprint density at radius 3 is 2.57 bits per heavy atom. The summed E-state index contributed by atoms with van der Waals surface area (Å²) < 4.78 is 40.0. The molecule has 1 unspecified atom stereocenters. The Kier molecular flexibility index (Phi) is 4.88. The first kappa shape index (κ1) is 16.2. The zero-order valence-corrected chi connectivity index (χ0v) is 12.8. The number of nitrogens with two attached hydrogens (primary N) is 1. The van der Waals surface area contributed by atoms with Crippen molar-refractivity contribution >= 4 is 27.5 Å². The number of nitrogens with one attached hydrogen (secondary N) is 1. The van der Waals surface area contributed by atoms with E-state index in [-0.39, 0.29) is 5.56 Å². The Bertz CT molecular complexity index is 649. The van der Waals surface area contributed by atoms with E-state index in [0.717, 1.165) is 18.5 Å². The highest BCUT2D eigenvalue weighted by molar-refractivity contribution is 9.10. The van der Waals surface area contributed by atoms with Gasteiger partial charge in [-0.05, 0) is 29.8 Å². The van der Waals surface area contributed by atoms with E-state index < -0.39 is 17.8 Å². The van der Waals surface area contributed by atoms with Crippen molar-refractivity contribution < 1.29 is 13.2 Å². The van der Waals surface area contributed by atoms with Crippen molar-refractivity contribution in [2.75, 3.05) is 0 Å². The van der Waals surface area contributed by atoms with Gasteiger partial charge in [-0.15, -0.1) is 0 Å². The predicted molar refractivity (Wildman–Crippen MR) is 77.6 cm³/mol. The first-order chi connectivity index (χ1) is 9.84. The van der Waals surface area contributed by atoms with Crippen molar-refractivity contribution in [3.05, 3.63) is 62.8 Å². The molecule has 0 saturated heterocycles. The molecule has 1 aromatic carbocycles. The summed E-state index contributed by atoms with van der Waals surface area (Å²) in [7, 11) is 0. The molecule has 0 spiro atoms. The lowest BCUT2D eigenvalue weighted by molar-refractivity contribution is -0.138. The molecule has 0 amide bonds. The van der Waals surface area contributed by atoms with Gasteiger partial charge in [-0.3, -0.25) is 10.8 Å². The second-order valence-electron chi connectivity index (χ2n) is 4.23. The van der Waals surface area contributed by atoms with Crippen LogP contribution in [0.2, 0.25) is 5.02 Å². The lowest BCUT2D eigenvalue weighted by Gasteiger charge is -2.22. The third-order valence-electron chi connectivity index (χ3n) is 2.90. The van der Waals surface area contributed by atoms with Crippen LogP contribution in [-0.4, -0.2) is 4.98 Å². The molecule has 3 N–H and O–H groups in total. The number of hydrazine groups is 1. The van der Waals surface area contributed by atoms with Gasteiger partial charge in [0.1, 0.15) is 0 Å². The molecule has 0 saturated carbocycles. The van der Waals surface area contributed by atoms with E-state index in [9.17, 15) is 13.2 Å². The van der Waals surface area contributed by atoms with Crippen molar-refractivity contribution in [2.45, 2.75) is 12.2 Å². The van der Waals surface area contributed by atoms with Crippen LogP contribution in [0.1, 0.15) is 22.7 Å². The average molecular weight is 381 g/mol. The van der Waals surface area contributed by atoms with Crippen LogP contribution in [0.3, 0.4) is 0 Å². The highest BCUT2D eigenvalue weighted by atomic mass is 79.9. The average Bonchev–Trinajstić information content (AvgIpc) is 2.43. The van der Waals surface area contributed by atoms with Crippen LogP contribution in [0.5, 0.6) is 0 Å². The normalized spacial score (nSPS) is 13.2. The van der Waals surface area contributed by atoms with E-state index in [1.165, 1.54) is 0 Å². The first-order valence-electron chi connectivity index (χ1n) is 5.76. The Labute approximate surface area is 132 Å². The zero-order valence-electron chi connectivity index (χ0n) is 10.5. The highest BCUT2D eigenvalue weighted by Crippen LogP contribution is 2.37. The number of alkyl halides is 3. The number of hydrogen-bond donors (Lipinski definition) is 2. The first-order valence-corrected chi connectivity index (χ1v) is 6.94. The summed E-state index contributed by atoms with van der Waals surface area (Å²) in [6, 6.07) is 4.86. The fraction of sp³-hybridized carbons (Fsp3) is 0.154. The number of benzene rings is 1. The largest absolute Gasteiger partial charge is 0.416 e. The third kappa shape index (κ3) is 3.55. The standard InChI is InChI=1S/C13H10BrClF3N3/c14-7-1-2-11(15)8(5-7)12(21-19)9-6-20-4-3-10(9)13(16,17)18/h1-6,12,21H,19H2. The fourth-order valence-electron chi connectivity index (χ4n) is 1.98. The molecule has 8 heteroatoms. The molecule has 1 heterocycles. The van der Waals surface area contributed by atoms with Crippen molar-refractivity contribution in [3.8, 4) is 0 Å². The van der Waals surface area contributed by atoms with Crippen LogP contribution in [0.4, 0.5) is 13.2 Å². The fourth-order valence-corrected chi connectivity index (χ4v) is 2.58. The molecule has 0 aliphatic carbocycles. The van der Waals surface area contributed by atoms with E-state index in [1.54, 1.807) is 18.2 Å². The Hall–Kier alpha value is -1.15. The summed E-state index contributed by atoms with van der Waals surface area (Å²) in [6.45, 7) is 0. The maximum atomic E-state index is 13.1. The molecular formula is C13H10BrClF3N3. The number of rotatable bonds is 3. The molecule has 0 fully saturated rings. The molecule has 3 nitrogen and oxygen atoms in total. The molecule has 112 valence electrons. The minimum atomic E-state index is -4.51. The van der Waals surface area contributed by atoms with E-state index >= 15 is 0 Å². The van der Waals surface area contributed by atoms with Crippen molar-refractivity contribution in [1.82, 2.24) is 10.4 Å². The summed E-state index contributed by atoms with van der Waals surface area (Å²) in [5.74, 6) is 5.45. The smallest absolute Gasteiger partial charge is 0.271 e. The van der Waals surface area contributed by atoms with Gasteiger partial charge in [-0.1, -0.05) is 27.5 Å². The van der Waals surface area contributed by atoms with Gasteiger partial charge in [0.2, 0.25) is 0 Å². The minimum absolute atomic E-state index is 0.0903. The summed E-state index contributed by atoms with van der Waals surface area (Å²) in [5.41, 5.74) is 1.89. The topological polar surface area (TPSA) is 50.9 Å². The van der Waals surface area contributed by atoms with Gasteiger partial charge >= 0.3 is 6.18 Å². The summed E-state index contributed by atoms with van der Waals surface area (Å²) >= 11 is 9.33. The molecule has 2 rings (SSSR count). The van der Waals surface area contributed by atoms with Gasteiger partial charge in [0.15, 0.2) is 0 Å². The Balaban J connectivity index is 2.60. The van der Waals surface area contributed by atoms with Crippen LogP contribution >= 0.6 is 27.5 Å². The lowest BCUT2D eigenvalue weighted by Crippen LogP contribution is -2.31. The third-order valence-corrected chi connectivity index (χ3v) is 3.74. The summed E-state index contributed by atoms with van der Waals surface area (Å²) in [4.78, 5) is 3.75. The van der Waals surface area contributed by atoms with Gasteiger partial charge in [-0.25, -0.2) is 5.43 Å². The summed E-state index contributed by atoms with van der Waals surface area (Å²) in [6.07, 6.45) is -2.29. The predicted octanol–water partition coefficient (Wildman–Crippen LogP) is 4.07. The molecule has 1 atom stereocenters. The second-order valence-corrected chi connectivity index (χ2v) is 5.55. The molecule has 0 aliphatic rings. The van der Waals surface area contributed by atoms with Gasteiger partial charge in [0.05, 0.1) is 11.6 Å². The van der Waals surface area contributed by atoms with Gasteiger partial charge in [0, 0.05) is 27.5 Å². The van der Waals surface area contributed by atoms with Crippen LogP contribution in [0.25, 0.3) is 0 Å². The molecule has 0 bridgehead atoms. The Morgan fingerprint density at radius 2 is 1.95 bits per heavy atom. The number of pyridine rings is 1. The van der Waals surface area contributed by atoms with Crippen LogP contribution in [-0.2, 0) is 6.18 Å². The maximum Gasteiger partial charge on any atom is 0.416 e. The summed E-state index contributed by atoms with van der Waals surface area (Å²) in [5, 5.41) is 0.304. The number of nitrogens with zero attached hydrogens (tertiary/aromatic N) is 1. The second kappa shape index (κ2) is 6.31. The Morgan fingerprint density at radius 1 is 1.24 bits per heavy atom. The monoisotopic (exact) mass is 379 g/mol. The quantitative estimate of drug-likeness (QED) is 0.623. The highest BCUT2D eigenvalue weighted by Gasteiger charge is 2.35. The zero-order chi connectivity index (χ0) is 15.6. The maximum absolute atomic E-state index is 13.1. The van der Waals surface area contributed by atoms with E-state index in [1.807, 2.05) is 0 Å². The van der Waals surface area contributed by atoms with Crippen LogP contribution in [0, 0.1) is 0 Å². The lowest BCUT2D eigenvalue weighted by atomic mass is 9.96. The van der Waals surface area contributed by atoms with Crippen molar-refractivity contribution in [3.63, 3.8) is 0 Å². The van der Waals surface area contributed by atoms with Crippen molar-refractivity contribution in [2.24, 2.45) is 5.84 Å². The molecule has 21 heavy (non-hydrogen) atoms. The van der Waals surface area contributed by atoms with E-state index in [2.05, 4.69) is 26.3 Å². The van der Waals surface area contributed by atoms with Crippen molar-refractivity contribution in [1.29, 1.82) is 0 Å². The van der Waals surface area contributed by atoms with Gasteiger partial charge in [0.25, 0.3) is 0 Å². The van der Waals surface area contributed by atoms with Gasteiger partial charge in [-0.2, -0.15) is 13.2 Å². The number of aromatic nitrogens is 1. The molecular weight excluding hydrogens is 371 g/mol. The number of hydrogen-bond acceptors (Lipinski definition) is 3. The van der Waals surface area contributed by atoms with Gasteiger partial charge < -0.3 is 0 Å². The molecule has 0 radical (unpaired) electrons. The number of halogens is 5. The molecule has 0 aliphatic heterocycles. The van der Waals surface area contributed by atoms with E-state index in [0.29, 0.717) is 15.1 Å². The molecule has 1 aromatic heterocycles.